The van der Waals surface area contributed by atoms with E-state index in [-0.39, 0.29) is 23.3 Å². The first kappa shape index (κ1) is 19.9. The van der Waals surface area contributed by atoms with Crippen LogP contribution in [0.2, 0.25) is 0 Å². The second-order valence-electron chi connectivity index (χ2n) is 8.12. The van der Waals surface area contributed by atoms with E-state index in [9.17, 15) is 13.2 Å². The molecule has 140 valence electrons. The lowest BCUT2D eigenvalue weighted by atomic mass is 9.87. The van der Waals surface area contributed by atoms with Crippen molar-refractivity contribution in [2.45, 2.75) is 63.8 Å². The van der Waals surface area contributed by atoms with Gasteiger partial charge >= 0.3 is 0 Å². The van der Waals surface area contributed by atoms with Crippen molar-refractivity contribution in [3.63, 3.8) is 0 Å². The molecule has 0 aromatic heterocycles. The minimum atomic E-state index is -3.47. The monoisotopic (exact) mass is 366 g/mol. The first-order chi connectivity index (χ1) is 11.5. The first-order valence-corrected chi connectivity index (χ1v) is 10.4. The van der Waals surface area contributed by atoms with E-state index in [1.165, 1.54) is 4.31 Å². The van der Waals surface area contributed by atoms with Crippen LogP contribution in [0.15, 0.2) is 29.2 Å². The van der Waals surface area contributed by atoms with Gasteiger partial charge in [-0.05, 0) is 36.0 Å². The van der Waals surface area contributed by atoms with Crippen LogP contribution in [0.5, 0.6) is 0 Å². The van der Waals surface area contributed by atoms with Crippen LogP contribution in [0.1, 0.15) is 53.0 Å². The fourth-order valence-electron chi connectivity index (χ4n) is 2.88. The Kier molecular flexibility index (Phi) is 5.94. The van der Waals surface area contributed by atoms with Gasteiger partial charge in [-0.15, -0.1) is 0 Å². The molecule has 1 heterocycles. The molecule has 1 fully saturated rings. The fraction of sp³-hybridized carbons (Fsp3) is 0.632. The Morgan fingerprint density at radius 3 is 2.08 bits per heavy atom. The summed E-state index contributed by atoms with van der Waals surface area (Å²) in [5, 5.41) is 2.99. The van der Waals surface area contributed by atoms with E-state index in [0.29, 0.717) is 30.8 Å². The second-order valence-corrected chi connectivity index (χ2v) is 10.1. The van der Waals surface area contributed by atoms with Crippen LogP contribution in [0, 0.1) is 5.92 Å². The zero-order valence-electron chi connectivity index (χ0n) is 15.9. The van der Waals surface area contributed by atoms with Gasteiger partial charge in [-0.25, -0.2) is 8.42 Å². The zero-order valence-corrected chi connectivity index (χ0v) is 16.7. The Balaban J connectivity index is 2.03. The van der Waals surface area contributed by atoms with Gasteiger partial charge in [0.25, 0.3) is 0 Å². The predicted octanol–water partition coefficient (Wildman–Crippen LogP) is 2.91. The van der Waals surface area contributed by atoms with E-state index in [4.69, 9.17) is 0 Å². The minimum Gasteiger partial charge on any atom is -0.353 e. The van der Waals surface area contributed by atoms with Gasteiger partial charge in [-0.1, -0.05) is 46.8 Å². The van der Waals surface area contributed by atoms with E-state index in [1.807, 2.05) is 26.0 Å². The molecule has 0 radical (unpaired) electrons. The predicted molar refractivity (Wildman–Crippen MR) is 99.9 cm³/mol. The van der Waals surface area contributed by atoms with E-state index < -0.39 is 10.0 Å². The smallest absolute Gasteiger partial charge is 0.243 e. The van der Waals surface area contributed by atoms with Gasteiger partial charge in [0, 0.05) is 25.0 Å². The molecule has 0 atom stereocenters. The zero-order chi connectivity index (χ0) is 18.8. The SMILES string of the molecule is CC(C)C(=O)NC1CCN(S(=O)(=O)c2ccc(C(C)(C)C)cc2)CC1. The Hall–Kier alpha value is -1.40. The maximum atomic E-state index is 12.8. The third-order valence-electron chi connectivity index (χ3n) is 4.68. The molecule has 0 bridgehead atoms. The van der Waals surface area contributed by atoms with Crippen LogP contribution in [0.25, 0.3) is 0 Å². The number of sulfonamides is 1. The largest absolute Gasteiger partial charge is 0.353 e. The molecule has 0 aliphatic carbocycles. The molecule has 5 nitrogen and oxygen atoms in total. The summed E-state index contributed by atoms with van der Waals surface area (Å²) < 4.78 is 27.2. The molecule has 2 rings (SSSR count). The average molecular weight is 367 g/mol. The van der Waals surface area contributed by atoms with Crippen molar-refractivity contribution >= 4 is 15.9 Å². The van der Waals surface area contributed by atoms with Crippen molar-refractivity contribution in [3.05, 3.63) is 29.8 Å². The van der Waals surface area contributed by atoms with Crippen LogP contribution in [-0.2, 0) is 20.2 Å². The molecule has 1 aromatic rings. The van der Waals surface area contributed by atoms with Gasteiger partial charge in [0.1, 0.15) is 0 Å². The summed E-state index contributed by atoms with van der Waals surface area (Å²) in [6, 6.07) is 7.24. The third-order valence-corrected chi connectivity index (χ3v) is 6.60. The quantitative estimate of drug-likeness (QED) is 0.891. The maximum Gasteiger partial charge on any atom is 0.243 e. The molecule has 0 unspecified atom stereocenters. The summed E-state index contributed by atoms with van der Waals surface area (Å²) in [4.78, 5) is 12.1. The van der Waals surface area contributed by atoms with E-state index in [2.05, 4.69) is 26.1 Å². The number of benzene rings is 1. The van der Waals surface area contributed by atoms with Crippen LogP contribution in [-0.4, -0.2) is 37.8 Å². The normalized spacial score (nSPS) is 17.7. The number of carbonyl (C=O) groups excluding carboxylic acids is 1. The molecule has 6 heteroatoms. The first-order valence-electron chi connectivity index (χ1n) is 8.93. The molecule has 1 N–H and O–H groups in total. The summed E-state index contributed by atoms with van der Waals surface area (Å²) in [6.45, 7) is 10.9. The number of rotatable bonds is 4. The third kappa shape index (κ3) is 4.82. The van der Waals surface area contributed by atoms with Gasteiger partial charge < -0.3 is 5.32 Å². The molecule has 25 heavy (non-hydrogen) atoms. The topological polar surface area (TPSA) is 66.5 Å². The van der Waals surface area contributed by atoms with Crippen molar-refractivity contribution in [2.24, 2.45) is 5.92 Å². The lowest BCUT2D eigenvalue weighted by Crippen LogP contribution is -2.47. The number of hydrogen-bond acceptors (Lipinski definition) is 3. The van der Waals surface area contributed by atoms with Crippen molar-refractivity contribution in [1.29, 1.82) is 0 Å². The Bertz CT molecular complexity index is 695. The van der Waals surface area contributed by atoms with Gasteiger partial charge in [0.2, 0.25) is 15.9 Å². The number of nitrogens with zero attached hydrogens (tertiary/aromatic N) is 1. The number of piperidine rings is 1. The molecule has 1 aliphatic heterocycles. The lowest BCUT2D eigenvalue weighted by molar-refractivity contribution is -0.124. The number of amides is 1. The fourth-order valence-corrected chi connectivity index (χ4v) is 4.35. The highest BCUT2D eigenvalue weighted by Gasteiger charge is 2.30. The van der Waals surface area contributed by atoms with Crippen molar-refractivity contribution in [3.8, 4) is 0 Å². The summed E-state index contributed by atoms with van der Waals surface area (Å²) >= 11 is 0. The van der Waals surface area contributed by atoms with Crippen LogP contribution in [0.3, 0.4) is 0 Å². The molecule has 0 saturated carbocycles. The molecular weight excluding hydrogens is 336 g/mol. The highest BCUT2D eigenvalue weighted by atomic mass is 32.2. The van der Waals surface area contributed by atoms with Crippen molar-refractivity contribution in [1.82, 2.24) is 9.62 Å². The number of carbonyl (C=O) groups is 1. The lowest BCUT2D eigenvalue weighted by Gasteiger charge is -2.32. The maximum absolute atomic E-state index is 12.8. The highest BCUT2D eigenvalue weighted by Crippen LogP contribution is 2.26. The van der Waals surface area contributed by atoms with Gasteiger partial charge in [0.05, 0.1) is 4.90 Å². The summed E-state index contributed by atoms with van der Waals surface area (Å²) in [7, 11) is -3.47. The molecule has 1 aliphatic rings. The van der Waals surface area contributed by atoms with Crippen molar-refractivity contribution < 1.29 is 13.2 Å². The van der Waals surface area contributed by atoms with Gasteiger partial charge in [-0.3, -0.25) is 4.79 Å². The Labute approximate surface area is 151 Å². The second kappa shape index (κ2) is 7.46. The van der Waals surface area contributed by atoms with E-state index in [0.717, 1.165) is 5.56 Å². The Morgan fingerprint density at radius 2 is 1.64 bits per heavy atom. The molecule has 1 amide bonds. The highest BCUT2D eigenvalue weighted by molar-refractivity contribution is 7.89. The van der Waals surface area contributed by atoms with Crippen LogP contribution >= 0.6 is 0 Å². The molecule has 1 saturated heterocycles. The summed E-state index contributed by atoms with van der Waals surface area (Å²) in [6.07, 6.45) is 1.30. The molecule has 0 spiro atoms. The average Bonchev–Trinajstić information content (AvgIpc) is 2.54. The molecule has 1 aromatic carbocycles. The minimum absolute atomic E-state index is 0.00470. The van der Waals surface area contributed by atoms with Gasteiger partial charge in [-0.2, -0.15) is 4.31 Å². The number of hydrogen-bond donors (Lipinski definition) is 1. The van der Waals surface area contributed by atoms with Crippen LogP contribution < -0.4 is 5.32 Å². The van der Waals surface area contributed by atoms with E-state index in [1.54, 1.807) is 12.1 Å². The molecular formula is C19H30N2O3S. The standard InChI is InChI=1S/C19H30N2O3S/c1-14(2)18(22)20-16-10-12-21(13-11-16)25(23,24)17-8-6-15(7-9-17)19(3,4)5/h6-9,14,16H,10-13H2,1-5H3,(H,20,22). The van der Waals surface area contributed by atoms with Crippen LogP contribution in [0.4, 0.5) is 0 Å². The van der Waals surface area contributed by atoms with Gasteiger partial charge in [0.15, 0.2) is 0 Å². The Morgan fingerprint density at radius 1 is 1.12 bits per heavy atom. The summed E-state index contributed by atoms with van der Waals surface area (Å²) in [5.74, 6) is -0.0258. The number of nitrogens with one attached hydrogen (secondary N) is 1. The van der Waals surface area contributed by atoms with E-state index >= 15 is 0 Å². The summed E-state index contributed by atoms with van der Waals surface area (Å²) in [5.41, 5.74) is 1.11. The van der Waals surface area contributed by atoms with Crippen molar-refractivity contribution in [2.75, 3.05) is 13.1 Å².